The van der Waals surface area contributed by atoms with Gasteiger partial charge in [-0.15, -0.1) is 0 Å². The van der Waals surface area contributed by atoms with Crippen molar-refractivity contribution in [1.29, 1.82) is 0 Å². The van der Waals surface area contributed by atoms with Crippen molar-refractivity contribution in [3.05, 3.63) is 89.5 Å². The Bertz CT molecular complexity index is 1980. The molecule has 3 aromatic carbocycles. The molecule has 0 bridgehead atoms. The Balaban J connectivity index is 2.70. The van der Waals surface area contributed by atoms with Crippen LogP contribution >= 0.6 is 8.60 Å². The first-order chi connectivity index (χ1) is 47.4. The molecule has 0 radical (unpaired) electrons. The summed E-state index contributed by atoms with van der Waals surface area (Å²) in [7, 11) is -2.05. The number of hydrogen-bond acceptors (Lipinski definition) is 3. The van der Waals surface area contributed by atoms with Crippen LogP contribution in [-0.4, -0.2) is 0 Å². The van der Waals surface area contributed by atoms with Crippen LogP contribution in [0.25, 0.3) is 0 Å². The highest BCUT2D eigenvalue weighted by atomic mass is 31.2. The quantitative estimate of drug-likeness (QED) is 0.0416. The molecule has 0 amide bonds. The Morgan fingerprint density at radius 1 is 0.237 bits per heavy atom. The molecular formula is C93H165O3P. The van der Waals surface area contributed by atoms with Crippen molar-refractivity contribution in [2.45, 2.75) is 448 Å². The van der Waals surface area contributed by atoms with E-state index in [1.807, 2.05) is 0 Å². The molecule has 0 N–H and O–H groups in total. The maximum atomic E-state index is 8.16. The van der Waals surface area contributed by atoms with Gasteiger partial charge in [-0.1, -0.05) is 428 Å². The van der Waals surface area contributed by atoms with Crippen LogP contribution in [0.5, 0.6) is 17.2 Å². The standard InChI is InChI=1S/C93H165O3P/c1-16-31-40-43-46-55-70-91(73-79(25-10)58-34-19-4,74-80(26-11)59-35-20-5)85-64-49-52-67-88(85)94-97(95-89-68-53-50-65-86(89)92(71-56-47-44-41-32-17-2,75-81(27-12)60-36-21-6)76-82(28-13)61-37-22-7)96-90-69-54-51-66-87(90)93(72-57-48-45-42-33-18-3,77-83(29-14)62-38-23-8)78-84(30-15)63-39-24-9/h49-54,64-69,79-84H,16-48,55-63,70-78H2,1-15H3. The van der Waals surface area contributed by atoms with Crippen LogP contribution in [0.1, 0.15) is 448 Å². The van der Waals surface area contributed by atoms with Gasteiger partial charge in [0.2, 0.25) is 0 Å². The van der Waals surface area contributed by atoms with Gasteiger partial charge in [-0.05, 0) is 128 Å². The SMILES string of the molecule is CCCCCCCCC(CC(CC)CCCC)(CC(CC)CCCC)c1ccccc1OP(Oc1ccccc1C(CCCCCCCC)(CC(CC)CCCC)CC(CC)CCCC)Oc1ccccc1C(CCCCCCCC)(CC(CC)CCCC)CC(CC)CCCC. The third kappa shape index (κ3) is 33.2. The lowest BCUT2D eigenvalue weighted by Gasteiger charge is -2.42. The molecule has 4 heteroatoms. The molecule has 560 valence electrons. The van der Waals surface area contributed by atoms with Crippen LogP contribution in [0, 0.1) is 35.5 Å². The predicted molar refractivity (Wildman–Crippen MR) is 435 cm³/mol. The van der Waals surface area contributed by atoms with Gasteiger partial charge in [0.1, 0.15) is 17.2 Å². The van der Waals surface area contributed by atoms with Gasteiger partial charge in [0, 0.05) is 16.7 Å². The lowest BCUT2D eigenvalue weighted by atomic mass is 9.64. The third-order valence-corrected chi connectivity index (χ3v) is 25.3. The minimum atomic E-state index is -2.05. The van der Waals surface area contributed by atoms with Gasteiger partial charge in [-0.2, -0.15) is 0 Å². The Morgan fingerprint density at radius 2 is 0.423 bits per heavy atom. The van der Waals surface area contributed by atoms with Crippen molar-refractivity contribution in [3.8, 4) is 17.2 Å². The maximum Gasteiger partial charge on any atom is 0.530 e. The van der Waals surface area contributed by atoms with E-state index < -0.39 is 8.60 Å². The molecule has 0 saturated heterocycles. The fraction of sp³-hybridized carbons (Fsp3) is 0.806. The van der Waals surface area contributed by atoms with Crippen LogP contribution in [0.4, 0.5) is 0 Å². The van der Waals surface area contributed by atoms with Crippen molar-refractivity contribution < 1.29 is 13.6 Å². The first-order valence-electron chi connectivity index (χ1n) is 43.5. The molecule has 0 fully saturated rings. The number of para-hydroxylation sites is 3. The second kappa shape index (κ2) is 55.1. The Hall–Kier alpha value is -2.51. The Kier molecular flexibility index (Phi) is 50.4. The molecule has 0 aliphatic heterocycles. The molecule has 6 atom stereocenters. The van der Waals surface area contributed by atoms with Crippen LogP contribution < -0.4 is 13.6 Å². The lowest BCUT2D eigenvalue weighted by molar-refractivity contribution is 0.202. The first kappa shape index (κ1) is 88.7. The number of hydrogen-bond donors (Lipinski definition) is 0. The molecular weight excluding hydrogens is 1200 g/mol. The average molecular weight is 1360 g/mol. The fourth-order valence-corrected chi connectivity index (χ4v) is 19.0. The topological polar surface area (TPSA) is 27.7 Å². The third-order valence-electron chi connectivity index (χ3n) is 24.3. The molecule has 0 aliphatic rings. The first-order valence-corrected chi connectivity index (χ1v) is 44.6. The van der Waals surface area contributed by atoms with Crippen LogP contribution in [0.15, 0.2) is 72.8 Å². The highest BCUT2D eigenvalue weighted by Gasteiger charge is 2.44. The van der Waals surface area contributed by atoms with Crippen LogP contribution in [0.2, 0.25) is 0 Å². The number of unbranched alkanes of at least 4 members (excludes halogenated alkanes) is 21. The van der Waals surface area contributed by atoms with E-state index in [9.17, 15) is 0 Å². The van der Waals surface area contributed by atoms with Crippen molar-refractivity contribution in [1.82, 2.24) is 0 Å². The van der Waals surface area contributed by atoms with E-state index in [0.29, 0.717) is 35.5 Å². The van der Waals surface area contributed by atoms with E-state index in [1.165, 1.54) is 344 Å². The Morgan fingerprint density at radius 3 is 0.619 bits per heavy atom. The summed E-state index contributed by atoms with van der Waals surface area (Å²) < 4.78 is 24.5. The van der Waals surface area contributed by atoms with E-state index in [2.05, 4.69) is 177 Å². The summed E-state index contributed by atoms with van der Waals surface area (Å²) >= 11 is 0. The van der Waals surface area contributed by atoms with E-state index in [0.717, 1.165) is 17.2 Å². The normalized spacial score (nSPS) is 16.0. The zero-order valence-corrected chi connectivity index (χ0v) is 68.5. The Labute approximate surface area is 608 Å². The molecule has 3 nitrogen and oxygen atoms in total. The minimum Gasteiger partial charge on any atom is -0.408 e. The van der Waals surface area contributed by atoms with Gasteiger partial charge >= 0.3 is 8.60 Å². The molecule has 97 heavy (non-hydrogen) atoms. The monoisotopic (exact) mass is 1360 g/mol. The number of rotatable bonds is 66. The summed E-state index contributed by atoms with van der Waals surface area (Å²) in [6, 6.07) is 28.7. The van der Waals surface area contributed by atoms with Gasteiger partial charge < -0.3 is 13.6 Å². The summed E-state index contributed by atoms with van der Waals surface area (Å²) in [5, 5.41) is 0. The highest BCUT2D eigenvalue weighted by Crippen LogP contribution is 2.57. The lowest BCUT2D eigenvalue weighted by Crippen LogP contribution is -2.33. The van der Waals surface area contributed by atoms with Crippen molar-refractivity contribution in [3.63, 3.8) is 0 Å². The molecule has 0 heterocycles. The predicted octanol–water partition coefficient (Wildman–Crippen LogP) is 33.1. The molecule has 0 aromatic heterocycles. The second-order valence-electron chi connectivity index (χ2n) is 32.1. The minimum absolute atomic E-state index is 0.0395. The zero-order valence-electron chi connectivity index (χ0n) is 67.6. The van der Waals surface area contributed by atoms with Crippen LogP contribution in [0.3, 0.4) is 0 Å². The zero-order chi connectivity index (χ0) is 70.7. The maximum absolute atomic E-state index is 8.16. The van der Waals surface area contributed by atoms with Gasteiger partial charge in [-0.3, -0.25) is 0 Å². The fourth-order valence-electron chi connectivity index (χ4n) is 17.9. The molecule has 3 rings (SSSR count). The van der Waals surface area contributed by atoms with E-state index in [4.69, 9.17) is 13.6 Å². The average Bonchev–Trinajstić information content (AvgIpc) is 0.843. The van der Waals surface area contributed by atoms with Gasteiger partial charge in [-0.25, -0.2) is 0 Å². The van der Waals surface area contributed by atoms with E-state index in [1.54, 1.807) is 0 Å². The van der Waals surface area contributed by atoms with Gasteiger partial charge in [0.05, 0.1) is 0 Å². The smallest absolute Gasteiger partial charge is 0.408 e. The summed E-state index contributed by atoms with van der Waals surface area (Å²) in [5.74, 6) is 6.98. The summed E-state index contributed by atoms with van der Waals surface area (Å²) in [4.78, 5) is 0. The van der Waals surface area contributed by atoms with Crippen molar-refractivity contribution in [2.75, 3.05) is 0 Å². The second-order valence-corrected chi connectivity index (χ2v) is 33.1. The van der Waals surface area contributed by atoms with E-state index in [-0.39, 0.29) is 16.2 Å². The summed E-state index contributed by atoms with van der Waals surface area (Å²) in [5.41, 5.74) is 4.16. The molecule has 3 aromatic rings. The molecule has 0 aliphatic carbocycles. The van der Waals surface area contributed by atoms with Gasteiger partial charge in [0.15, 0.2) is 0 Å². The summed E-state index contributed by atoms with van der Waals surface area (Å²) in [6.07, 6.45) is 65.0. The molecule has 6 unspecified atom stereocenters. The van der Waals surface area contributed by atoms with Gasteiger partial charge in [0.25, 0.3) is 0 Å². The highest BCUT2D eigenvalue weighted by molar-refractivity contribution is 7.43. The van der Waals surface area contributed by atoms with Crippen LogP contribution in [-0.2, 0) is 16.2 Å². The molecule has 0 saturated carbocycles. The van der Waals surface area contributed by atoms with E-state index >= 15 is 0 Å². The summed E-state index contributed by atoms with van der Waals surface area (Å²) in [6.45, 7) is 36.5. The molecule has 0 spiro atoms. The number of benzene rings is 3. The van der Waals surface area contributed by atoms with Crippen molar-refractivity contribution >= 4 is 8.60 Å². The largest absolute Gasteiger partial charge is 0.530 e. The van der Waals surface area contributed by atoms with Crippen molar-refractivity contribution in [2.24, 2.45) is 35.5 Å².